The predicted octanol–water partition coefficient (Wildman–Crippen LogP) is 3.48. The molecule has 25 heavy (non-hydrogen) atoms. The third kappa shape index (κ3) is 3.15. The van der Waals surface area contributed by atoms with Crippen LogP contribution in [-0.4, -0.2) is 24.0 Å². The van der Waals surface area contributed by atoms with Crippen molar-refractivity contribution in [3.63, 3.8) is 0 Å². The second-order valence-electron chi connectivity index (χ2n) is 6.17. The number of fused-ring (bicyclic) bond motifs is 2. The van der Waals surface area contributed by atoms with E-state index in [4.69, 9.17) is 16.3 Å². The number of carbonyl (C=O) groups excluding carboxylic acids is 1. The van der Waals surface area contributed by atoms with Crippen molar-refractivity contribution >= 4 is 34.1 Å². The molecule has 3 N–H and O–H groups in total. The zero-order chi connectivity index (χ0) is 17.4. The van der Waals surface area contributed by atoms with Gasteiger partial charge in [0.15, 0.2) is 0 Å². The van der Waals surface area contributed by atoms with Crippen LogP contribution in [0.3, 0.4) is 0 Å². The van der Waals surface area contributed by atoms with Crippen molar-refractivity contribution in [2.24, 2.45) is 0 Å². The number of anilines is 1. The van der Waals surface area contributed by atoms with E-state index < -0.39 is 0 Å². The molecular weight excluding hydrogens is 338 g/mol. The molecule has 1 unspecified atom stereocenters. The summed E-state index contributed by atoms with van der Waals surface area (Å²) in [5, 5.41) is 7.97. The molecule has 0 aliphatic carbocycles. The Morgan fingerprint density at radius 1 is 1.28 bits per heavy atom. The van der Waals surface area contributed by atoms with Gasteiger partial charge in [-0.2, -0.15) is 0 Å². The van der Waals surface area contributed by atoms with E-state index in [1.54, 1.807) is 7.11 Å². The van der Waals surface area contributed by atoms with E-state index in [0.717, 1.165) is 33.6 Å². The Bertz CT molecular complexity index is 951. The summed E-state index contributed by atoms with van der Waals surface area (Å²) in [7, 11) is 1.65. The third-order valence-corrected chi connectivity index (χ3v) is 4.71. The summed E-state index contributed by atoms with van der Waals surface area (Å²) in [6, 6.07) is 13.2. The van der Waals surface area contributed by atoms with Crippen LogP contribution in [0.4, 0.5) is 5.69 Å². The summed E-state index contributed by atoms with van der Waals surface area (Å²) in [6.45, 7) is 0.450. The number of H-pyrrole nitrogens is 1. The summed E-state index contributed by atoms with van der Waals surface area (Å²) in [5.41, 5.74) is 4.02. The first kappa shape index (κ1) is 15.8. The van der Waals surface area contributed by atoms with Gasteiger partial charge in [0.25, 0.3) is 0 Å². The number of carbonyl (C=O) groups is 1. The number of hydrogen-bond donors (Lipinski definition) is 3. The van der Waals surface area contributed by atoms with Crippen molar-refractivity contribution in [2.75, 3.05) is 12.4 Å². The lowest BCUT2D eigenvalue weighted by Crippen LogP contribution is -2.38. The van der Waals surface area contributed by atoms with Gasteiger partial charge in [-0.3, -0.25) is 4.79 Å². The van der Waals surface area contributed by atoms with Gasteiger partial charge in [-0.15, -0.1) is 0 Å². The van der Waals surface area contributed by atoms with Crippen LogP contribution in [-0.2, 0) is 17.8 Å². The molecule has 1 atom stereocenters. The number of aromatic amines is 1. The molecule has 1 aliphatic heterocycles. The summed E-state index contributed by atoms with van der Waals surface area (Å²) in [6.07, 6.45) is 0.644. The highest BCUT2D eigenvalue weighted by molar-refractivity contribution is 6.30. The molecule has 3 aromatic rings. The molecule has 1 aromatic heterocycles. The van der Waals surface area contributed by atoms with Crippen LogP contribution >= 0.6 is 11.6 Å². The Morgan fingerprint density at radius 3 is 3.00 bits per heavy atom. The summed E-state index contributed by atoms with van der Waals surface area (Å²) in [4.78, 5) is 15.8. The van der Waals surface area contributed by atoms with E-state index in [0.29, 0.717) is 18.0 Å². The van der Waals surface area contributed by atoms with Crippen molar-refractivity contribution in [1.82, 2.24) is 10.3 Å². The van der Waals surface area contributed by atoms with Crippen LogP contribution in [0.1, 0.15) is 11.3 Å². The van der Waals surface area contributed by atoms with Crippen LogP contribution in [0.15, 0.2) is 42.5 Å². The highest BCUT2D eigenvalue weighted by Gasteiger charge is 2.26. The van der Waals surface area contributed by atoms with Gasteiger partial charge >= 0.3 is 0 Å². The van der Waals surface area contributed by atoms with Crippen LogP contribution in [0.25, 0.3) is 10.9 Å². The smallest absolute Gasteiger partial charge is 0.243 e. The second-order valence-corrected chi connectivity index (χ2v) is 6.60. The van der Waals surface area contributed by atoms with Gasteiger partial charge in [0.2, 0.25) is 5.91 Å². The first-order valence-electron chi connectivity index (χ1n) is 8.11. The molecule has 0 bridgehead atoms. The number of ether oxygens (including phenoxy) is 1. The van der Waals surface area contributed by atoms with Crippen LogP contribution in [0.5, 0.6) is 5.75 Å². The molecule has 1 amide bonds. The SMILES string of the molecule is COc1ccc2[nH]c(CNC(=O)C3Cc4cc(Cl)ccc4N3)cc2c1. The quantitative estimate of drug-likeness (QED) is 0.671. The lowest BCUT2D eigenvalue weighted by atomic mass is 10.1. The summed E-state index contributed by atoms with van der Waals surface area (Å²) in [5.74, 6) is 0.789. The van der Waals surface area contributed by atoms with E-state index in [1.807, 2.05) is 42.5 Å². The largest absolute Gasteiger partial charge is 0.497 e. The van der Waals surface area contributed by atoms with Gasteiger partial charge in [-0.1, -0.05) is 11.6 Å². The maximum absolute atomic E-state index is 12.4. The molecule has 2 heterocycles. The number of halogens is 1. The minimum absolute atomic E-state index is 0.0245. The van der Waals surface area contributed by atoms with Gasteiger partial charge in [-0.05, 0) is 48.0 Å². The molecule has 4 rings (SSSR count). The third-order valence-electron chi connectivity index (χ3n) is 4.47. The van der Waals surface area contributed by atoms with Gasteiger partial charge in [0.1, 0.15) is 11.8 Å². The van der Waals surface area contributed by atoms with E-state index >= 15 is 0 Å². The molecule has 2 aromatic carbocycles. The number of methoxy groups -OCH3 is 1. The maximum Gasteiger partial charge on any atom is 0.243 e. The highest BCUT2D eigenvalue weighted by Crippen LogP contribution is 2.28. The number of nitrogens with one attached hydrogen (secondary N) is 3. The van der Waals surface area contributed by atoms with Crippen LogP contribution < -0.4 is 15.4 Å². The minimum Gasteiger partial charge on any atom is -0.497 e. The van der Waals surface area contributed by atoms with Crippen molar-refractivity contribution in [3.8, 4) is 5.75 Å². The van der Waals surface area contributed by atoms with Gasteiger partial charge < -0.3 is 20.4 Å². The van der Waals surface area contributed by atoms with Crippen molar-refractivity contribution in [2.45, 2.75) is 19.0 Å². The lowest BCUT2D eigenvalue weighted by molar-refractivity contribution is -0.121. The topological polar surface area (TPSA) is 66.1 Å². The molecule has 128 valence electrons. The fraction of sp³-hybridized carbons (Fsp3) is 0.211. The average molecular weight is 356 g/mol. The zero-order valence-corrected chi connectivity index (χ0v) is 14.5. The number of benzene rings is 2. The zero-order valence-electron chi connectivity index (χ0n) is 13.7. The monoisotopic (exact) mass is 355 g/mol. The lowest BCUT2D eigenvalue weighted by Gasteiger charge is -2.11. The Hall–Kier alpha value is -2.66. The molecule has 0 fully saturated rings. The normalized spacial score (nSPS) is 15.7. The summed E-state index contributed by atoms with van der Waals surface area (Å²) >= 11 is 6.01. The molecule has 1 aliphatic rings. The van der Waals surface area contributed by atoms with E-state index in [-0.39, 0.29) is 11.9 Å². The van der Waals surface area contributed by atoms with Gasteiger partial charge in [0, 0.05) is 33.7 Å². The Morgan fingerprint density at radius 2 is 2.16 bits per heavy atom. The van der Waals surface area contributed by atoms with Gasteiger partial charge in [0.05, 0.1) is 13.7 Å². The molecular formula is C19H18ClN3O2. The van der Waals surface area contributed by atoms with E-state index in [9.17, 15) is 4.79 Å². The van der Waals surface area contributed by atoms with Crippen LogP contribution in [0, 0.1) is 0 Å². The number of amides is 1. The minimum atomic E-state index is -0.266. The van der Waals surface area contributed by atoms with Crippen molar-refractivity contribution in [1.29, 1.82) is 0 Å². The molecule has 0 radical (unpaired) electrons. The Kier molecular flexibility index (Phi) is 4.01. The molecule has 6 heteroatoms. The maximum atomic E-state index is 12.4. The van der Waals surface area contributed by atoms with E-state index in [1.165, 1.54) is 0 Å². The van der Waals surface area contributed by atoms with Crippen LogP contribution in [0.2, 0.25) is 5.02 Å². The standard InChI is InChI=1S/C19H18ClN3O2/c1-25-15-3-5-16-12(8-15)7-14(22-16)10-21-19(24)18-9-11-6-13(20)2-4-17(11)23-18/h2-8,18,22-23H,9-10H2,1H3,(H,21,24). The Balaban J connectivity index is 1.41. The first-order valence-corrected chi connectivity index (χ1v) is 8.48. The fourth-order valence-corrected chi connectivity index (χ4v) is 3.38. The highest BCUT2D eigenvalue weighted by atomic mass is 35.5. The molecule has 0 saturated carbocycles. The van der Waals surface area contributed by atoms with E-state index in [2.05, 4.69) is 15.6 Å². The number of hydrogen-bond acceptors (Lipinski definition) is 3. The number of rotatable bonds is 4. The molecule has 0 spiro atoms. The summed E-state index contributed by atoms with van der Waals surface area (Å²) < 4.78 is 5.24. The predicted molar refractivity (Wildman–Crippen MR) is 99.3 cm³/mol. The number of aromatic nitrogens is 1. The first-order chi connectivity index (χ1) is 12.1. The average Bonchev–Trinajstić information content (AvgIpc) is 3.21. The van der Waals surface area contributed by atoms with Gasteiger partial charge in [-0.25, -0.2) is 0 Å². The second kappa shape index (κ2) is 6.33. The molecule has 0 saturated heterocycles. The molecule has 5 nitrogen and oxygen atoms in total. The van der Waals surface area contributed by atoms with Crippen molar-refractivity contribution in [3.05, 3.63) is 58.7 Å². The Labute approximate surface area is 150 Å². The van der Waals surface area contributed by atoms with Crippen molar-refractivity contribution < 1.29 is 9.53 Å². The fourth-order valence-electron chi connectivity index (χ4n) is 3.19.